The Morgan fingerprint density at radius 2 is 1.62 bits per heavy atom. The largest absolute Gasteiger partial charge is 0.469 e. The van der Waals surface area contributed by atoms with E-state index in [2.05, 4.69) is 31.4 Å². The molecule has 42 heavy (non-hydrogen) atoms. The topological polar surface area (TPSA) is 146 Å². The molecule has 0 aromatic heterocycles. The maximum absolute atomic E-state index is 14.3. The van der Waals surface area contributed by atoms with Crippen LogP contribution in [0.1, 0.15) is 60.8 Å². The Bertz CT molecular complexity index is 1240. The van der Waals surface area contributed by atoms with Gasteiger partial charge in [0.2, 0.25) is 0 Å². The summed E-state index contributed by atoms with van der Waals surface area (Å²) in [6.45, 7) is 11.5. The summed E-state index contributed by atoms with van der Waals surface area (Å²) in [4.78, 5) is 54.9. The van der Waals surface area contributed by atoms with Crippen molar-refractivity contribution in [2.45, 2.75) is 78.0 Å². The number of carbonyl (C=O) groups excluding carboxylic acids is 4. The standard InChI is InChI=1S/C32H45N3O7/c1-17(2)19-13-12-18(3)16-24(19)41-28(37)26-21-15-14-20(25(26)27(36)40-7)32(21,35-30(39)42-31(4,5)6)29(38)34-23-11-9-8-10-22(23)33/h8-11,14-15,17-21,24-26H,12-13,16,33H2,1-7H3,(H,34,38)(H,35,39)/t18-,19+,20+,21-,24-,25+,26+,32-/m1/s1. The van der Waals surface area contributed by atoms with Crippen molar-refractivity contribution in [3.63, 3.8) is 0 Å². The monoisotopic (exact) mass is 583 g/mol. The van der Waals surface area contributed by atoms with Crippen molar-refractivity contribution in [3.05, 3.63) is 36.4 Å². The number of ether oxygens (including phenoxy) is 3. The number of nitrogens with two attached hydrogens (primary N) is 1. The third-order valence-corrected chi connectivity index (χ3v) is 9.00. The van der Waals surface area contributed by atoms with E-state index in [1.807, 2.05) is 0 Å². The molecule has 2 bridgehead atoms. The first-order chi connectivity index (χ1) is 19.7. The van der Waals surface area contributed by atoms with Gasteiger partial charge in [-0.05, 0) is 63.5 Å². The van der Waals surface area contributed by atoms with Crippen LogP contribution in [-0.2, 0) is 28.6 Å². The van der Waals surface area contributed by atoms with Gasteiger partial charge in [0, 0.05) is 11.8 Å². The van der Waals surface area contributed by atoms with Crippen LogP contribution in [0.2, 0.25) is 0 Å². The zero-order valence-corrected chi connectivity index (χ0v) is 25.6. The predicted molar refractivity (Wildman–Crippen MR) is 158 cm³/mol. The van der Waals surface area contributed by atoms with Gasteiger partial charge in [-0.2, -0.15) is 0 Å². The average Bonchev–Trinajstić information content (AvgIpc) is 3.38. The van der Waals surface area contributed by atoms with Gasteiger partial charge in [0.15, 0.2) is 0 Å². The minimum Gasteiger partial charge on any atom is -0.469 e. The molecule has 1 aromatic rings. The summed E-state index contributed by atoms with van der Waals surface area (Å²) in [6, 6.07) is 6.73. The van der Waals surface area contributed by atoms with Crippen LogP contribution in [0, 0.1) is 41.4 Å². The summed E-state index contributed by atoms with van der Waals surface area (Å²) in [5, 5.41) is 5.62. The van der Waals surface area contributed by atoms with Gasteiger partial charge in [-0.15, -0.1) is 0 Å². The van der Waals surface area contributed by atoms with Gasteiger partial charge in [-0.3, -0.25) is 14.4 Å². The summed E-state index contributed by atoms with van der Waals surface area (Å²) >= 11 is 0. The molecule has 2 saturated carbocycles. The van der Waals surface area contributed by atoms with Gasteiger partial charge < -0.3 is 30.6 Å². The highest BCUT2D eigenvalue weighted by Crippen LogP contribution is 2.56. The smallest absolute Gasteiger partial charge is 0.408 e. The fraction of sp³-hybridized carbons (Fsp3) is 0.625. The number of methoxy groups -OCH3 is 1. The van der Waals surface area contributed by atoms with E-state index in [-0.39, 0.29) is 12.0 Å². The third-order valence-electron chi connectivity index (χ3n) is 9.00. The van der Waals surface area contributed by atoms with Crippen molar-refractivity contribution in [2.75, 3.05) is 18.2 Å². The number of benzene rings is 1. The molecule has 10 heteroatoms. The predicted octanol–water partition coefficient (Wildman–Crippen LogP) is 4.70. The lowest BCUT2D eigenvalue weighted by molar-refractivity contribution is -0.168. The van der Waals surface area contributed by atoms with Crippen molar-refractivity contribution in [3.8, 4) is 0 Å². The fourth-order valence-corrected chi connectivity index (χ4v) is 7.05. The van der Waals surface area contributed by atoms with Crippen molar-refractivity contribution in [2.24, 2.45) is 41.4 Å². The zero-order chi connectivity index (χ0) is 31.0. The van der Waals surface area contributed by atoms with Crippen molar-refractivity contribution < 1.29 is 33.4 Å². The molecule has 3 aliphatic carbocycles. The summed E-state index contributed by atoms with van der Waals surface area (Å²) in [7, 11) is 1.24. The van der Waals surface area contributed by atoms with Crippen LogP contribution in [0.5, 0.6) is 0 Å². The minimum absolute atomic E-state index is 0.185. The lowest BCUT2D eigenvalue weighted by atomic mass is 9.75. The van der Waals surface area contributed by atoms with Gasteiger partial charge in [-0.1, -0.05) is 51.5 Å². The first-order valence-electron chi connectivity index (χ1n) is 14.8. The maximum Gasteiger partial charge on any atom is 0.408 e. The molecule has 0 radical (unpaired) electrons. The Kier molecular flexibility index (Phi) is 8.94. The molecule has 1 aromatic carbocycles. The van der Waals surface area contributed by atoms with E-state index in [1.54, 1.807) is 57.2 Å². The molecule has 0 unspecified atom stereocenters. The SMILES string of the molecule is COC(=O)[C@@H]1[C@@H](C(=O)O[C@@H]2C[C@H](C)CC[C@H]2C(C)C)[C@H]2C=C[C@@H]1[C@]2(NC(=O)OC(C)(C)C)C(=O)Nc1ccccc1N. The molecule has 0 aliphatic heterocycles. The Morgan fingerprint density at radius 3 is 2.19 bits per heavy atom. The lowest BCUT2D eigenvalue weighted by Crippen LogP contribution is -2.62. The second kappa shape index (κ2) is 12.0. The molecule has 0 heterocycles. The molecular weight excluding hydrogens is 538 g/mol. The van der Waals surface area contributed by atoms with E-state index in [1.165, 1.54) is 7.11 Å². The Hall–Kier alpha value is -3.56. The van der Waals surface area contributed by atoms with Crippen LogP contribution in [0.3, 0.4) is 0 Å². The van der Waals surface area contributed by atoms with Crippen LogP contribution in [0.15, 0.2) is 36.4 Å². The van der Waals surface area contributed by atoms with E-state index in [0.717, 1.165) is 19.3 Å². The lowest BCUT2D eigenvalue weighted by Gasteiger charge is -2.38. The highest BCUT2D eigenvalue weighted by molar-refractivity contribution is 6.05. The van der Waals surface area contributed by atoms with Crippen LogP contribution in [0.25, 0.3) is 0 Å². The van der Waals surface area contributed by atoms with Gasteiger partial charge in [-0.25, -0.2) is 4.79 Å². The molecule has 2 fully saturated rings. The quantitative estimate of drug-likeness (QED) is 0.181. The van der Waals surface area contributed by atoms with Crippen molar-refractivity contribution >= 4 is 35.3 Å². The number of para-hydroxylation sites is 2. The molecule has 4 N–H and O–H groups in total. The molecule has 230 valence electrons. The number of alkyl carbamates (subject to hydrolysis) is 1. The highest BCUT2D eigenvalue weighted by Gasteiger charge is 2.70. The second-order valence-corrected chi connectivity index (χ2v) is 13.3. The van der Waals surface area contributed by atoms with E-state index in [4.69, 9.17) is 19.9 Å². The van der Waals surface area contributed by atoms with Gasteiger partial charge >= 0.3 is 18.0 Å². The molecule has 8 atom stereocenters. The molecule has 2 amide bonds. The first-order valence-corrected chi connectivity index (χ1v) is 14.8. The second-order valence-electron chi connectivity index (χ2n) is 13.3. The van der Waals surface area contributed by atoms with E-state index >= 15 is 0 Å². The Labute approximate surface area is 248 Å². The summed E-state index contributed by atoms with van der Waals surface area (Å²) in [5.41, 5.74) is 4.17. The number of rotatable bonds is 7. The molecule has 0 saturated heterocycles. The van der Waals surface area contributed by atoms with E-state index < -0.39 is 58.8 Å². The normalized spacial score (nSPS) is 31.9. The molecule has 0 spiro atoms. The number of carbonyl (C=O) groups is 4. The van der Waals surface area contributed by atoms with Crippen LogP contribution >= 0.6 is 0 Å². The zero-order valence-electron chi connectivity index (χ0n) is 25.6. The average molecular weight is 584 g/mol. The number of hydrogen-bond donors (Lipinski definition) is 3. The van der Waals surface area contributed by atoms with Crippen molar-refractivity contribution in [1.29, 1.82) is 0 Å². The number of fused-ring (bicyclic) bond motifs is 2. The molecular formula is C32H45N3O7. The van der Waals surface area contributed by atoms with Gasteiger partial charge in [0.25, 0.3) is 5.91 Å². The summed E-state index contributed by atoms with van der Waals surface area (Å²) < 4.78 is 16.9. The maximum atomic E-state index is 14.3. The number of nitrogen functional groups attached to an aromatic ring is 1. The number of nitrogens with one attached hydrogen (secondary N) is 2. The summed E-state index contributed by atoms with van der Waals surface area (Å²) in [5.74, 6) is -4.91. The number of hydrogen-bond acceptors (Lipinski definition) is 8. The molecule has 3 aliphatic rings. The molecule has 4 rings (SSSR count). The van der Waals surface area contributed by atoms with Gasteiger partial charge in [0.1, 0.15) is 17.2 Å². The van der Waals surface area contributed by atoms with Crippen LogP contribution < -0.4 is 16.4 Å². The fourth-order valence-electron chi connectivity index (χ4n) is 7.05. The Morgan fingerprint density at radius 1 is 1.00 bits per heavy atom. The molecule has 10 nitrogen and oxygen atoms in total. The summed E-state index contributed by atoms with van der Waals surface area (Å²) in [6.07, 6.45) is 4.97. The Balaban J connectivity index is 1.75. The number of anilines is 2. The van der Waals surface area contributed by atoms with E-state index in [9.17, 15) is 19.2 Å². The van der Waals surface area contributed by atoms with Gasteiger partial charge in [0.05, 0.1) is 30.3 Å². The number of esters is 2. The first kappa shape index (κ1) is 31.4. The third kappa shape index (κ3) is 5.99. The van der Waals surface area contributed by atoms with Crippen LogP contribution in [0.4, 0.5) is 16.2 Å². The number of amides is 2. The minimum atomic E-state index is -1.75. The highest BCUT2D eigenvalue weighted by atomic mass is 16.6. The van der Waals surface area contributed by atoms with Crippen molar-refractivity contribution in [1.82, 2.24) is 5.32 Å². The van der Waals surface area contributed by atoms with Crippen LogP contribution in [-0.4, -0.2) is 48.3 Å². The van der Waals surface area contributed by atoms with E-state index in [0.29, 0.717) is 23.2 Å².